The van der Waals surface area contributed by atoms with E-state index in [1.165, 1.54) is 6.92 Å². The zero-order valence-electron chi connectivity index (χ0n) is 20.1. The fourth-order valence-corrected chi connectivity index (χ4v) is 3.80. The molecule has 3 aromatic carbocycles. The fraction of sp³-hybridized carbons (Fsp3) is 0.214. The summed E-state index contributed by atoms with van der Waals surface area (Å²) in [5.74, 6) is 0.304. The quantitative estimate of drug-likeness (QED) is 0.299. The molecule has 0 aliphatic rings. The molecule has 0 radical (unpaired) electrons. The summed E-state index contributed by atoms with van der Waals surface area (Å²) in [5, 5.41) is 13.2. The second-order valence-corrected chi connectivity index (χ2v) is 9.46. The van der Waals surface area contributed by atoms with Crippen molar-refractivity contribution in [2.45, 2.75) is 38.8 Å². The van der Waals surface area contributed by atoms with Gasteiger partial charge in [-0.1, -0.05) is 42.5 Å². The Morgan fingerprint density at radius 3 is 2.11 bits per heavy atom. The molecule has 4 aromatic rings. The van der Waals surface area contributed by atoms with Crippen LogP contribution in [0, 0.1) is 0 Å². The van der Waals surface area contributed by atoms with Crippen molar-refractivity contribution in [3.05, 3.63) is 84.6 Å². The van der Waals surface area contributed by atoms with E-state index in [2.05, 4.69) is 10.3 Å². The minimum Gasteiger partial charge on any atom is -0.479 e. The van der Waals surface area contributed by atoms with E-state index in [9.17, 15) is 14.7 Å². The number of hydrogen-bond donors (Lipinski definition) is 3. The number of hydrogen-bond acceptors (Lipinski definition) is 4. The monoisotopic (exact) mass is 472 g/mol. The summed E-state index contributed by atoms with van der Waals surface area (Å²) < 4.78 is 11.1. The van der Waals surface area contributed by atoms with Crippen LogP contribution in [0.15, 0.2) is 79.0 Å². The van der Waals surface area contributed by atoms with Crippen molar-refractivity contribution in [2.75, 3.05) is 0 Å². The number of H-pyrrole nitrogens is 1. The molecule has 0 bridgehead atoms. The number of aromatic amines is 1. The van der Waals surface area contributed by atoms with Crippen molar-refractivity contribution in [1.29, 1.82) is 0 Å². The van der Waals surface area contributed by atoms with Crippen molar-refractivity contribution in [3.63, 3.8) is 0 Å². The van der Waals surface area contributed by atoms with Gasteiger partial charge in [-0.25, -0.2) is 9.59 Å². The molecule has 0 aliphatic heterocycles. The van der Waals surface area contributed by atoms with Crippen molar-refractivity contribution in [2.24, 2.45) is 0 Å². The number of aromatic nitrogens is 1. The lowest BCUT2D eigenvalue weighted by atomic mass is 9.91. The van der Waals surface area contributed by atoms with Gasteiger partial charge < -0.3 is 24.9 Å². The Morgan fingerprint density at radius 2 is 1.49 bits per heavy atom. The summed E-state index contributed by atoms with van der Waals surface area (Å²) in [6, 6.07) is 23.0. The Labute approximate surface area is 203 Å². The number of alkyl carbamates (subject to hydrolysis) is 1. The van der Waals surface area contributed by atoms with Gasteiger partial charge in [-0.15, -0.1) is 0 Å². The molecule has 180 valence electrons. The van der Waals surface area contributed by atoms with Crippen LogP contribution in [-0.4, -0.2) is 27.8 Å². The van der Waals surface area contributed by atoms with E-state index in [4.69, 9.17) is 9.47 Å². The number of nitrogens with one attached hydrogen (secondary N) is 2. The average Bonchev–Trinajstić information content (AvgIpc) is 3.23. The first-order chi connectivity index (χ1) is 16.5. The summed E-state index contributed by atoms with van der Waals surface area (Å²) in [5.41, 5.74) is 0.689. The maximum absolute atomic E-state index is 12.4. The molecule has 1 unspecified atom stereocenters. The van der Waals surface area contributed by atoms with Crippen molar-refractivity contribution >= 4 is 23.0 Å². The van der Waals surface area contributed by atoms with Gasteiger partial charge in [0.1, 0.15) is 17.1 Å². The number of carbonyl (C=O) groups is 2. The zero-order valence-corrected chi connectivity index (χ0v) is 20.1. The lowest BCUT2D eigenvalue weighted by molar-refractivity contribution is -0.144. The molecular weight excluding hydrogens is 444 g/mol. The Bertz CT molecular complexity index is 1350. The molecule has 0 fully saturated rings. The molecule has 1 amide bonds. The summed E-state index contributed by atoms with van der Waals surface area (Å²) in [6.45, 7) is 6.61. The van der Waals surface area contributed by atoms with E-state index < -0.39 is 23.2 Å². The summed E-state index contributed by atoms with van der Waals surface area (Å²) in [7, 11) is 0. The van der Waals surface area contributed by atoms with Gasteiger partial charge in [-0.05, 0) is 69.2 Å². The number of carboxylic acid groups (broad SMARTS) is 1. The van der Waals surface area contributed by atoms with Crippen LogP contribution in [0.5, 0.6) is 11.5 Å². The van der Waals surface area contributed by atoms with Crippen LogP contribution in [0.4, 0.5) is 4.79 Å². The number of ether oxygens (including phenoxy) is 2. The SMILES string of the molecule is CC(C)(C)OC(=O)NC(C)(C(=O)O)c1c[nH]c2cc(-c3ccc(Oc4ccccc4)cc3)ccc12. The molecule has 0 saturated carbocycles. The molecule has 1 aromatic heterocycles. The predicted molar refractivity (Wildman–Crippen MR) is 135 cm³/mol. The topological polar surface area (TPSA) is 101 Å². The first-order valence-corrected chi connectivity index (χ1v) is 11.2. The van der Waals surface area contributed by atoms with E-state index in [-0.39, 0.29) is 0 Å². The Balaban J connectivity index is 1.59. The van der Waals surface area contributed by atoms with Gasteiger partial charge in [-0.2, -0.15) is 0 Å². The smallest absolute Gasteiger partial charge is 0.408 e. The number of benzene rings is 3. The average molecular weight is 473 g/mol. The number of para-hydroxylation sites is 1. The highest BCUT2D eigenvalue weighted by Crippen LogP contribution is 2.33. The molecule has 7 heteroatoms. The van der Waals surface area contributed by atoms with Gasteiger partial charge in [0.2, 0.25) is 0 Å². The van der Waals surface area contributed by atoms with Crippen molar-refractivity contribution in [1.82, 2.24) is 10.3 Å². The van der Waals surface area contributed by atoms with Crippen LogP contribution in [0.1, 0.15) is 33.3 Å². The molecule has 1 atom stereocenters. The van der Waals surface area contributed by atoms with Gasteiger partial charge in [0.25, 0.3) is 0 Å². The maximum Gasteiger partial charge on any atom is 0.408 e. The molecule has 4 rings (SSSR count). The number of rotatable bonds is 6. The zero-order chi connectivity index (χ0) is 25.2. The molecule has 0 aliphatic carbocycles. The summed E-state index contributed by atoms with van der Waals surface area (Å²) >= 11 is 0. The van der Waals surface area contributed by atoms with Gasteiger partial charge in [0.15, 0.2) is 5.54 Å². The van der Waals surface area contributed by atoms with Gasteiger partial charge in [0.05, 0.1) is 0 Å². The molecule has 35 heavy (non-hydrogen) atoms. The highest BCUT2D eigenvalue weighted by Gasteiger charge is 2.40. The van der Waals surface area contributed by atoms with Crippen LogP contribution < -0.4 is 10.1 Å². The second kappa shape index (κ2) is 9.18. The van der Waals surface area contributed by atoms with E-state index >= 15 is 0 Å². The standard InChI is InChI=1S/C28H28N2O5/c1-27(2,3)35-26(33)30-28(4,25(31)32)23-17-29-24-16-19(12-15-22(23)24)18-10-13-21(14-11-18)34-20-8-6-5-7-9-20/h5-17,29H,1-4H3,(H,30,33)(H,31,32). The fourth-order valence-electron chi connectivity index (χ4n) is 3.80. The first kappa shape index (κ1) is 23.9. The number of amides is 1. The van der Waals surface area contributed by atoms with E-state index in [1.807, 2.05) is 72.8 Å². The van der Waals surface area contributed by atoms with Crippen LogP contribution in [0.3, 0.4) is 0 Å². The van der Waals surface area contributed by atoms with Crippen LogP contribution >= 0.6 is 0 Å². The molecule has 7 nitrogen and oxygen atoms in total. The van der Waals surface area contributed by atoms with E-state index in [1.54, 1.807) is 27.0 Å². The largest absolute Gasteiger partial charge is 0.479 e. The molecule has 3 N–H and O–H groups in total. The Morgan fingerprint density at radius 1 is 0.857 bits per heavy atom. The highest BCUT2D eigenvalue weighted by molar-refractivity contribution is 5.95. The summed E-state index contributed by atoms with van der Waals surface area (Å²) in [4.78, 5) is 27.7. The maximum atomic E-state index is 12.4. The van der Waals surface area contributed by atoms with Crippen molar-refractivity contribution in [3.8, 4) is 22.6 Å². The van der Waals surface area contributed by atoms with Gasteiger partial charge in [0, 0.05) is 22.7 Å². The molecule has 0 saturated heterocycles. The third-order valence-corrected chi connectivity index (χ3v) is 5.57. The normalized spacial score (nSPS) is 13.1. The number of fused-ring (bicyclic) bond motifs is 1. The lowest BCUT2D eigenvalue weighted by Gasteiger charge is -2.28. The highest BCUT2D eigenvalue weighted by atomic mass is 16.6. The molecule has 1 heterocycles. The lowest BCUT2D eigenvalue weighted by Crippen LogP contribution is -2.50. The van der Waals surface area contributed by atoms with Gasteiger partial charge >= 0.3 is 12.1 Å². The van der Waals surface area contributed by atoms with Gasteiger partial charge in [-0.3, -0.25) is 0 Å². The minimum atomic E-state index is -1.68. The predicted octanol–water partition coefficient (Wildman–Crippen LogP) is 6.45. The second-order valence-electron chi connectivity index (χ2n) is 9.46. The number of aliphatic carboxylic acids is 1. The minimum absolute atomic E-state index is 0.434. The Hall–Kier alpha value is -4.26. The van der Waals surface area contributed by atoms with E-state index in [0.717, 1.165) is 28.1 Å². The van der Waals surface area contributed by atoms with E-state index in [0.29, 0.717) is 10.9 Å². The van der Waals surface area contributed by atoms with Crippen LogP contribution in [-0.2, 0) is 15.1 Å². The number of carbonyl (C=O) groups excluding carboxylic acids is 1. The van der Waals surface area contributed by atoms with Crippen molar-refractivity contribution < 1.29 is 24.2 Å². The third kappa shape index (κ3) is 5.30. The molecule has 0 spiro atoms. The summed E-state index contributed by atoms with van der Waals surface area (Å²) in [6.07, 6.45) is 0.808. The van der Waals surface area contributed by atoms with Crippen LogP contribution in [0.25, 0.3) is 22.0 Å². The Kier molecular flexibility index (Phi) is 6.26. The third-order valence-electron chi connectivity index (χ3n) is 5.57. The van der Waals surface area contributed by atoms with Crippen LogP contribution in [0.2, 0.25) is 0 Å². The number of carboxylic acids is 1. The first-order valence-electron chi connectivity index (χ1n) is 11.2. The molecular formula is C28H28N2O5.